The Hall–Kier alpha value is -2.70. The molecule has 1 heterocycles. The van der Waals surface area contributed by atoms with Crippen molar-refractivity contribution in [2.24, 2.45) is 0 Å². The molecule has 0 spiro atoms. The first kappa shape index (κ1) is 13.7. The molecule has 0 amide bonds. The molecule has 0 radical (unpaired) electrons. The summed E-state index contributed by atoms with van der Waals surface area (Å²) in [4.78, 5) is 27.1. The van der Waals surface area contributed by atoms with Crippen LogP contribution in [-0.4, -0.2) is 34.1 Å². The summed E-state index contributed by atoms with van der Waals surface area (Å²) in [6, 6.07) is 5.49. The van der Waals surface area contributed by atoms with E-state index in [4.69, 9.17) is 5.11 Å². The number of hydrogen-bond acceptors (Lipinski definition) is 5. The van der Waals surface area contributed by atoms with Crippen LogP contribution in [0.1, 0.15) is 6.92 Å². The molecule has 0 aliphatic carbocycles. The number of aromatic nitrogens is 1. The normalized spacial score (nSPS) is 12.1. The molecular weight excluding hydrogens is 262 g/mol. The van der Waals surface area contributed by atoms with E-state index in [0.29, 0.717) is 11.1 Å². The highest BCUT2D eigenvalue weighted by atomic mass is 16.6. The van der Waals surface area contributed by atoms with Crippen LogP contribution < -0.4 is 4.90 Å². The molecule has 0 saturated heterocycles. The number of fused-ring (bicyclic) bond motifs is 1. The fraction of sp³-hybridized carbons (Fsp3) is 0.231. The van der Waals surface area contributed by atoms with Gasteiger partial charge in [0.25, 0.3) is 5.69 Å². The second kappa shape index (κ2) is 5.12. The van der Waals surface area contributed by atoms with Crippen molar-refractivity contribution in [1.29, 1.82) is 0 Å². The second-order valence-electron chi connectivity index (χ2n) is 4.39. The number of carboxylic acid groups (broad SMARTS) is 1. The maximum atomic E-state index is 11.1. The van der Waals surface area contributed by atoms with Gasteiger partial charge in [-0.15, -0.1) is 0 Å². The van der Waals surface area contributed by atoms with Gasteiger partial charge in [0.15, 0.2) is 0 Å². The van der Waals surface area contributed by atoms with E-state index >= 15 is 0 Å². The zero-order valence-corrected chi connectivity index (χ0v) is 11.0. The van der Waals surface area contributed by atoms with Gasteiger partial charge in [-0.2, -0.15) is 0 Å². The van der Waals surface area contributed by atoms with Crippen molar-refractivity contribution < 1.29 is 14.8 Å². The Morgan fingerprint density at radius 1 is 1.45 bits per heavy atom. The minimum absolute atomic E-state index is 0.0965. The number of hydrogen-bond donors (Lipinski definition) is 1. The Bertz CT molecular complexity index is 686. The summed E-state index contributed by atoms with van der Waals surface area (Å²) in [6.07, 6.45) is 1.47. The molecule has 1 unspecified atom stereocenters. The summed E-state index contributed by atoms with van der Waals surface area (Å²) < 4.78 is 0. The van der Waals surface area contributed by atoms with Gasteiger partial charge in [-0.1, -0.05) is 0 Å². The van der Waals surface area contributed by atoms with Crippen LogP contribution in [0.4, 0.5) is 11.4 Å². The van der Waals surface area contributed by atoms with Gasteiger partial charge in [0.05, 0.1) is 4.92 Å². The molecular formula is C13H13N3O4. The van der Waals surface area contributed by atoms with Gasteiger partial charge >= 0.3 is 5.97 Å². The highest BCUT2D eigenvalue weighted by Gasteiger charge is 2.22. The van der Waals surface area contributed by atoms with Crippen LogP contribution in [0.2, 0.25) is 0 Å². The quantitative estimate of drug-likeness (QED) is 0.677. The topological polar surface area (TPSA) is 96.6 Å². The van der Waals surface area contributed by atoms with Gasteiger partial charge in [-0.05, 0) is 25.1 Å². The Morgan fingerprint density at radius 2 is 2.15 bits per heavy atom. The van der Waals surface area contributed by atoms with Crippen molar-refractivity contribution in [3.8, 4) is 0 Å². The molecule has 7 nitrogen and oxygen atoms in total. The number of anilines is 1. The molecule has 0 aliphatic heterocycles. The lowest BCUT2D eigenvalue weighted by atomic mass is 10.1. The molecule has 7 heteroatoms. The van der Waals surface area contributed by atoms with E-state index in [0.717, 1.165) is 0 Å². The van der Waals surface area contributed by atoms with Crippen LogP contribution in [0.15, 0.2) is 30.5 Å². The van der Waals surface area contributed by atoms with E-state index in [1.807, 2.05) is 0 Å². The van der Waals surface area contributed by atoms with E-state index in [2.05, 4.69) is 4.98 Å². The van der Waals surface area contributed by atoms with E-state index in [1.54, 1.807) is 37.1 Å². The number of nitro groups is 1. The molecule has 104 valence electrons. The molecule has 2 aromatic rings. The molecule has 0 saturated carbocycles. The van der Waals surface area contributed by atoms with Crippen molar-refractivity contribution in [2.45, 2.75) is 13.0 Å². The average molecular weight is 275 g/mol. The number of carboxylic acids is 1. The number of aliphatic carboxylic acids is 1. The number of benzene rings is 1. The van der Waals surface area contributed by atoms with E-state index in [-0.39, 0.29) is 11.2 Å². The minimum atomic E-state index is -0.970. The van der Waals surface area contributed by atoms with E-state index < -0.39 is 16.9 Å². The Morgan fingerprint density at radius 3 is 2.75 bits per heavy atom. The smallest absolute Gasteiger partial charge is 0.326 e. The van der Waals surface area contributed by atoms with Crippen LogP contribution in [0.3, 0.4) is 0 Å². The van der Waals surface area contributed by atoms with Crippen LogP contribution >= 0.6 is 0 Å². The lowest BCUT2D eigenvalue weighted by molar-refractivity contribution is -0.383. The number of rotatable bonds is 4. The maximum Gasteiger partial charge on any atom is 0.326 e. The molecule has 1 aromatic carbocycles. The summed E-state index contributed by atoms with van der Waals surface area (Å²) in [5.41, 5.74) is 0.744. The van der Waals surface area contributed by atoms with Gasteiger partial charge < -0.3 is 10.0 Å². The van der Waals surface area contributed by atoms with Crippen molar-refractivity contribution in [3.63, 3.8) is 0 Å². The third-order valence-corrected chi connectivity index (χ3v) is 3.24. The molecule has 1 aromatic heterocycles. The van der Waals surface area contributed by atoms with E-state index in [1.165, 1.54) is 12.3 Å². The summed E-state index contributed by atoms with van der Waals surface area (Å²) in [6.45, 7) is 1.55. The zero-order chi connectivity index (χ0) is 14.9. The number of likely N-dealkylation sites (N-methyl/N-ethyl adjacent to an activating group) is 1. The van der Waals surface area contributed by atoms with Gasteiger partial charge in [0, 0.05) is 30.4 Å². The van der Waals surface area contributed by atoms with Gasteiger partial charge in [-0.25, -0.2) is 9.78 Å². The SMILES string of the molecule is CC(C(=O)O)N(C)c1ccc([N+](=O)[O-])c2ncccc12. The Kier molecular flexibility index (Phi) is 3.51. The third-order valence-electron chi connectivity index (χ3n) is 3.24. The van der Waals surface area contributed by atoms with Gasteiger partial charge in [0.1, 0.15) is 11.6 Å². The lowest BCUT2D eigenvalue weighted by Crippen LogP contribution is -2.35. The summed E-state index contributed by atoms with van der Waals surface area (Å²) in [7, 11) is 1.63. The standard InChI is InChI=1S/C13H13N3O4/c1-8(13(17)18)15(2)10-5-6-11(16(19)20)12-9(10)4-3-7-14-12/h3-8H,1-2H3,(H,17,18). The summed E-state index contributed by atoms with van der Waals surface area (Å²) in [5, 5.41) is 20.6. The third kappa shape index (κ3) is 2.25. The fourth-order valence-corrected chi connectivity index (χ4v) is 1.97. The predicted octanol–water partition coefficient (Wildman–Crippen LogP) is 2.05. The molecule has 0 aliphatic rings. The first-order valence-corrected chi connectivity index (χ1v) is 5.91. The van der Waals surface area contributed by atoms with E-state index in [9.17, 15) is 14.9 Å². The van der Waals surface area contributed by atoms with Crippen LogP contribution in [-0.2, 0) is 4.79 Å². The number of nitrogens with zero attached hydrogens (tertiary/aromatic N) is 3. The first-order chi connectivity index (χ1) is 9.43. The average Bonchev–Trinajstić information content (AvgIpc) is 2.44. The molecule has 1 N–H and O–H groups in total. The lowest BCUT2D eigenvalue weighted by Gasteiger charge is -2.24. The first-order valence-electron chi connectivity index (χ1n) is 5.91. The fourth-order valence-electron chi connectivity index (χ4n) is 1.97. The zero-order valence-electron chi connectivity index (χ0n) is 11.0. The van der Waals surface area contributed by atoms with Crippen LogP contribution in [0.25, 0.3) is 10.9 Å². The molecule has 20 heavy (non-hydrogen) atoms. The minimum Gasteiger partial charge on any atom is -0.480 e. The molecule has 0 bridgehead atoms. The van der Waals surface area contributed by atoms with Crippen molar-refractivity contribution in [2.75, 3.05) is 11.9 Å². The number of nitro benzene ring substituents is 1. The van der Waals surface area contributed by atoms with Crippen molar-refractivity contribution >= 4 is 28.2 Å². The monoisotopic (exact) mass is 275 g/mol. The predicted molar refractivity (Wildman–Crippen MR) is 73.9 cm³/mol. The molecule has 0 fully saturated rings. The summed E-state index contributed by atoms with van der Waals surface area (Å²) in [5.74, 6) is -0.970. The van der Waals surface area contributed by atoms with Gasteiger partial charge in [0.2, 0.25) is 0 Å². The Labute approximate surface area is 114 Å². The maximum absolute atomic E-state index is 11.1. The summed E-state index contributed by atoms with van der Waals surface area (Å²) >= 11 is 0. The van der Waals surface area contributed by atoms with Crippen LogP contribution in [0.5, 0.6) is 0 Å². The molecule has 1 atom stereocenters. The second-order valence-corrected chi connectivity index (χ2v) is 4.39. The van der Waals surface area contributed by atoms with Crippen molar-refractivity contribution in [3.05, 3.63) is 40.6 Å². The number of pyridine rings is 1. The highest BCUT2D eigenvalue weighted by molar-refractivity contribution is 5.98. The Balaban J connectivity index is 2.65. The van der Waals surface area contributed by atoms with Crippen molar-refractivity contribution in [1.82, 2.24) is 4.98 Å². The highest BCUT2D eigenvalue weighted by Crippen LogP contribution is 2.32. The largest absolute Gasteiger partial charge is 0.480 e. The number of non-ortho nitro benzene ring substituents is 1. The molecule has 2 rings (SSSR count). The van der Waals surface area contributed by atoms with Crippen LogP contribution in [0, 0.1) is 10.1 Å². The van der Waals surface area contributed by atoms with Gasteiger partial charge in [-0.3, -0.25) is 10.1 Å². The number of carbonyl (C=O) groups is 1.